The zero-order valence-electron chi connectivity index (χ0n) is 13.0. The average Bonchev–Trinajstić information content (AvgIpc) is 2.39. The van der Waals surface area contributed by atoms with Gasteiger partial charge in [0, 0.05) is 0 Å². The Kier molecular flexibility index (Phi) is 8.62. The highest BCUT2D eigenvalue weighted by Crippen LogP contribution is 2.16. The number of benzene rings is 1. The Balaban J connectivity index is 2.41. The molecule has 0 heteroatoms. The van der Waals surface area contributed by atoms with Crippen LogP contribution in [0.5, 0.6) is 0 Å². The van der Waals surface area contributed by atoms with E-state index in [-0.39, 0.29) is 0 Å². The van der Waals surface area contributed by atoms with Gasteiger partial charge < -0.3 is 0 Å². The van der Waals surface area contributed by atoms with Crippen molar-refractivity contribution in [3.8, 4) is 0 Å². The molecular formula is C19H31. The van der Waals surface area contributed by atoms with E-state index in [1.807, 2.05) is 0 Å². The number of unbranched alkanes of at least 4 members (excludes halogenated alkanes) is 6. The van der Waals surface area contributed by atoms with Crippen molar-refractivity contribution in [1.29, 1.82) is 0 Å². The lowest BCUT2D eigenvalue weighted by molar-refractivity contribution is 0.661. The van der Waals surface area contributed by atoms with E-state index < -0.39 is 0 Å². The van der Waals surface area contributed by atoms with E-state index in [1.165, 1.54) is 80.9 Å². The molecule has 1 rings (SSSR count). The van der Waals surface area contributed by atoms with Crippen LogP contribution in [0.3, 0.4) is 0 Å². The van der Waals surface area contributed by atoms with Crippen molar-refractivity contribution in [3.63, 3.8) is 0 Å². The van der Waals surface area contributed by atoms with E-state index in [9.17, 15) is 0 Å². The van der Waals surface area contributed by atoms with Crippen LogP contribution in [0.4, 0.5) is 0 Å². The Bertz CT molecular complexity index is 308. The molecule has 0 aliphatic rings. The van der Waals surface area contributed by atoms with Crippen LogP contribution in [-0.4, -0.2) is 0 Å². The van der Waals surface area contributed by atoms with Crippen LogP contribution in [0.1, 0.15) is 81.9 Å². The number of hydrogen-bond acceptors (Lipinski definition) is 0. The minimum absolute atomic E-state index is 1.19. The van der Waals surface area contributed by atoms with Crippen molar-refractivity contribution < 1.29 is 0 Å². The highest BCUT2D eigenvalue weighted by atomic mass is 14.1. The van der Waals surface area contributed by atoms with Crippen molar-refractivity contribution in [2.24, 2.45) is 0 Å². The molecule has 0 fully saturated rings. The lowest BCUT2D eigenvalue weighted by atomic mass is 9.98. The Hall–Kier alpha value is -0.780. The molecule has 1 aromatic carbocycles. The Morgan fingerprint density at radius 2 is 1.16 bits per heavy atom. The van der Waals surface area contributed by atoms with Gasteiger partial charge in [-0.2, -0.15) is 0 Å². The lowest BCUT2D eigenvalue weighted by Gasteiger charge is -2.08. The van der Waals surface area contributed by atoms with Crippen LogP contribution < -0.4 is 0 Å². The highest BCUT2D eigenvalue weighted by Gasteiger charge is 2.00. The summed E-state index contributed by atoms with van der Waals surface area (Å²) in [5, 5.41) is 0. The third-order valence-electron chi connectivity index (χ3n) is 3.75. The molecule has 19 heavy (non-hydrogen) atoms. The normalized spacial score (nSPS) is 10.9. The first-order valence-electron chi connectivity index (χ1n) is 8.21. The van der Waals surface area contributed by atoms with E-state index in [1.54, 1.807) is 0 Å². The van der Waals surface area contributed by atoms with Crippen LogP contribution in [-0.2, 0) is 12.8 Å². The average molecular weight is 259 g/mol. The molecule has 1 aromatic rings. The molecule has 0 unspecified atom stereocenters. The van der Waals surface area contributed by atoms with Crippen LogP contribution in [0.15, 0.2) is 18.2 Å². The summed E-state index contributed by atoms with van der Waals surface area (Å²) in [5.74, 6) is 0. The summed E-state index contributed by atoms with van der Waals surface area (Å²) in [6, 6.07) is 6.94. The summed E-state index contributed by atoms with van der Waals surface area (Å²) >= 11 is 0. The molecule has 0 aliphatic carbocycles. The topological polar surface area (TPSA) is 0 Å². The molecule has 0 saturated heterocycles. The molecule has 0 nitrogen and oxygen atoms in total. The van der Waals surface area contributed by atoms with Gasteiger partial charge in [0.25, 0.3) is 0 Å². The molecule has 0 aliphatic heterocycles. The molecule has 0 aromatic heterocycles. The van der Waals surface area contributed by atoms with Gasteiger partial charge >= 0.3 is 0 Å². The van der Waals surface area contributed by atoms with E-state index in [2.05, 4.69) is 39.0 Å². The summed E-state index contributed by atoms with van der Waals surface area (Å²) < 4.78 is 0. The maximum atomic E-state index is 4.13. The minimum atomic E-state index is 1.19. The molecule has 0 N–H and O–H groups in total. The van der Waals surface area contributed by atoms with Gasteiger partial charge in [-0.05, 0) is 49.3 Å². The molecular weight excluding hydrogens is 228 g/mol. The first kappa shape index (κ1) is 16.3. The first-order chi connectivity index (χ1) is 9.26. The SMILES string of the molecule is [CH2]c1cc(CCCCCC)cc(CCCCCC)c1. The number of hydrogen-bond donors (Lipinski definition) is 0. The van der Waals surface area contributed by atoms with Gasteiger partial charge in [-0.1, -0.05) is 70.6 Å². The standard InChI is InChI=1S/C19H31/c1-4-6-8-10-12-18-14-17(3)15-19(16-18)13-11-9-7-5-2/h14-16H,3-13H2,1-2H3. The highest BCUT2D eigenvalue weighted by molar-refractivity contribution is 5.32. The van der Waals surface area contributed by atoms with E-state index >= 15 is 0 Å². The fourth-order valence-electron chi connectivity index (χ4n) is 2.64. The number of rotatable bonds is 10. The lowest BCUT2D eigenvalue weighted by Crippen LogP contribution is -1.93. The summed E-state index contributed by atoms with van der Waals surface area (Å²) in [6.07, 6.45) is 13.2. The first-order valence-corrected chi connectivity index (χ1v) is 8.21. The second kappa shape index (κ2) is 10.1. The van der Waals surface area contributed by atoms with Crippen LogP contribution in [0.25, 0.3) is 0 Å². The van der Waals surface area contributed by atoms with E-state index in [0.29, 0.717) is 0 Å². The van der Waals surface area contributed by atoms with Crippen molar-refractivity contribution in [2.75, 3.05) is 0 Å². The van der Waals surface area contributed by atoms with Crippen molar-refractivity contribution >= 4 is 0 Å². The smallest absolute Gasteiger partial charge is 0.0238 e. The number of aryl methyl sites for hydroxylation is 2. The maximum Gasteiger partial charge on any atom is -0.0238 e. The summed E-state index contributed by atoms with van der Waals surface area (Å²) in [6.45, 7) is 8.67. The molecule has 0 amide bonds. The van der Waals surface area contributed by atoms with Gasteiger partial charge in [0.15, 0.2) is 0 Å². The van der Waals surface area contributed by atoms with Crippen LogP contribution in [0.2, 0.25) is 0 Å². The van der Waals surface area contributed by atoms with Gasteiger partial charge in [0.05, 0.1) is 0 Å². The van der Waals surface area contributed by atoms with Crippen LogP contribution >= 0.6 is 0 Å². The molecule has 0 heterocycles. The van der Waals surface area contributed by atoms with Gasteiger partial charge in [-0.15, -0.1) is 0 Å². The molecule has 107 valence electrons. The zero-order chi connectivity index (χ0) is 13.9. The van der Waals surface area contributed by atoms with Gasteiger partial charge in [-0.25, -0.2) is 0 Å². The second-order valence-corrected chi connectivity index (χ2v) is 5.78. The molecule has 1 radical (unpaired) electrons. The summed E-state index contributed by atoms with van der Waals surface area (Å²) in [4.78, 5) is 0. The predicted octanol–water partition coefficient (Wildman–Crippen LogP) is 6.11. The second-order valence-electron chi connectivity index (χ2n) is 5.78. The summed E-state index contributed by atoms with van der Waals surface area (Å²) in [5.41, 5.74) is 4.18. The van der Waals surface area contributed by atoms with Gasteiger partial charge in [0.1, 0.15) is 0 Å². The minimum Gasteiger partial charge on any atom is -0.0654 e. The fourth-order valence-corrected chi connectivity index (χ4v) is 2.64. The summed E-state index contributed by atoms with van der Waals surface area (Å²) in [7, 11) is 0. The third-order valence-corrected chi connectivity index (χ3v) is 3.75. The largest absolute Gasteiger partial charge is 0.0654 e. The van der Waals surface area contributed by atoms with E-state index in [4.69, 9.17) is 0 Å². The Morgan fingerprint density at radius 1 is 0.684 bits per heavy atom. The van der Waals surface area contributed by atoms with Crippen molar-refractivity contribution in [3.05, 3.63) is 41.8 Å². The van der Waals surface area contributed by atoms with Crippen LogP contribution in [0, 0.1) is 6.92 Å². The maximum absolute atomic E-state index is 4.13. The predicted molar refractivity (Wildman–Crippen MR) is 86.6 cm³/mol. The molecule has 0 saturated carbocycles. The van der Waals surface area contributed by atoms with E-state index in [0.717, 1.165) is 0 Å². The molecule has 0 atom stereocenters. The monoisotopic (exact) mass is 259 g/mol. The van der Waals surface area contributed by atoms with Gasteiger partial charge in [0.2, 0.25) is 0 Å². The zero-order valence-corrected chi connectivity index (χ0v) is 13.0. The fraction of sp³-hybridized carbons (Fsp3) is 0.632. The van der Waals surface area contributed by atoms with Crippen molar-refractivity contribution in [1.82, 2.24) is 0 Å². The third kappa shape index (κ3) is 7.40. The van der Waals surface area contributed by atoms with Crippen molar-refractivity contribution in [2.45, 2.75) is 78.1 Å². The van der Waals surface area contributed by atoms with Gasteiger partial charge in [-0.3, -0.25) is 0 Å². The Morgan fingerprint density at radius 3 is 1.58 bits per heavy atom. The Labute approximate surface area is 120 Å². The quantitative estimate of drug-likeness (QED) is 0.444. The molecule has 0 bridgehead atoms. The molecule has 0 spiro atoms.